The summed E-state index contributed by atoms with van der Waals surface area (Å²) in [4.78, 5) is 21.8. The van der Waals surface area contributed by atoms with Crippen molar-refractivity contribution in [2.24, 2.45) is 5.92 Å². The Hall–Kier alpha value is -3.62. The van der Waals surface area contributed by atoms with Gasteiger partial charge in [0.25, 0.3) is 0 Å². The number of ether oxygens (including phenoxy) is 2. The van der Waals surface area contributed by atoms with Crippen molar-refractivity contribution in [3.8, 4) is 11.5 Å². The number of phenolic OH excluding ortho intramolecular Hbond substituents is 1. The lowest BCUT2D eigenvalue weighted by Gasteiger charge is -2.39. The van der Waals surface area contributed by atoms with Gasteiger partial charge in [0, 0.05) is 60.3 Å². The molecule has 1 unspecified atom stereocenters. The maximum Gasteiger partial charge on any atom is 0.341 e. The minimum absolute atomic E-state index is 0.123. The van der Waals surface area contributed by atoms with Gasteiger partial charge in [-0.3, -0.25) is 9.88 Å². The Morgan fingerprint density at radius 1 is 1.07 bits per heavy atom. The van der Waals surface area contributed by atoms with E-state index in [1.165, 1.54) is 45.5 Å². The molecule has 1 aliphatic carbocycles. The molecule has 0 radical (unpaired) electrons. The third-order valence-corrected chi connectivity index (χ3v) is 8.62. The first-order chi connectivity index (χ1) is 19.5. The highest BCUT2D eigenvalue weighted by Crippen LogP contribution is 2.47. The summed E-state index contributed by atoms with van der Waals surface area (Å²) in [7, 11) is 3.48. The van der Waals surface area contributed by atoms with E-state index in [0.717, 1.165) is 42.9 Å². The largest absolute Gasteiger partial charge is 0.507 e. The van der Waals surface area contributed by atoms with Crippen LogP contribution < -0.4 is 4.74 Å². The number of carbonyl (C=O) groups is 1. The van der Waals surface area contributed by atoms with Crippen LogP contribution in [-0.4, -0.2) is 72.8 Å². The van der Waals surface area contributed by atoms with E-state index in [1.54, 1.807) is 12.4 Å². The summed E-state index contributed by atoms with van der Waals surface area (Å²) >= 11 is 0. The molecule has 2 aromatic heterocycles. The Balaban J connectivity index is 1.53. The number of likely N-dealkylation sites (N-methyl/N-ethyl adjacent to an activating group) is 1. The lowest BCUT2D eigenvalue weighted by atomic mass is 9.89. The molecule has 0 spiro atoms. The molecule has 1 saturated heterocycles. The molecule has 0 bridgehead atoms. The quantitative estimate of drug-likeness (QED) is 0.294. The number of aromatic nitrogens is 1. The Labute approximate surface area is 234 Å². The second kappa shape index (κ2) is 11.5. The zero-order chi connectivity index (χ0) is 27.6. The number of piperazine rings is 1. The summed E-state index contributed by atoms with van der Waals surface area (Å²) < 4.78 is 17.5. The fourth-order valence-corrected chi connectivity index (χ4v) is 6.37. The number of rotatable bonds is 7. The van der Waals surface area contributed by atoms with E-state index in [0.29, 0.717) is 40.0 Å². The summed E-state index contributed by atoms with van der Waals surface area (Å²) in [6, 6.07) is 9.37. The second-order valence-electron chi connectivity index (χ2n) is 11.2. The number of pyridine rings is 1. The first kappa shape index (κ1) is 26.6. The zero-order valence-electron chi connectivity index (χ0n) is 23.3. The van der Waals surface area contributed by atoms with Gasteiger partial charge in [0.2, 0.25) is 0 Å². The highest BCUT2D eigenvalue weighted by molar-refractivity contribution is 6.16. The van der Waals surface area contributed by atoms with E-state index >= 15 is 0 Å². The third-order valence-electron chi connectivity index (χ3n) is 8.62. The van der Waals surface area contributed by atoms with Crippen LogP contribution in [0.15, 0.2) is 53.4 Å². The number of hydrogen-bond acceptors (Lipinski definition) is 8. The fourth-order valence-electron chi connectivity index (χ4n) is 6.37. The molecular formula is C32H37N3O5. The van der Waals surface area contributed by atoms with E-state index < -0.39 is 5.97 Å². The molecule has 1 N–H and O–H groups in total. The van der Waals surface area contributed by atoms with Crippen molar-refractivity contribution in [2.75, 3.05) is 46.9 Å². The summed E-state index contributed by atoms with van der Waals surface area (Å²) in [6.45, 7) is 4.08. The van der Waals surface area contributed by atoms with Crippen LogP contribution in [0.25, 0.3) is 21.7 Å². The fraction of sp³-hybridized carbons (Fsp3) is 0.438. The number of methoxy groups -OCH3 is 1. The van der Waals surface area contributed by atoms with Gasteiger partial charge in [-0.25, -0.2) is 4.79 Å². The summed E-state index contributed by atoms with van der Waals surface area (Å²) in [5.74, 6) is 0.909. The van der Waals surface area contributed by atoms with Gasteiger partial charge in [-0.15, -0.1) is 0 Å². The lowest BCUT2D eigenvalue weighted by molar-refractivity contribution is 0.0601. The van der Waals surface area contributed by atoms with E-state index in [9.17, 15) is 9.90 Å². The Bertz CT molecular complexity index is 1490. The standard InChI is InChI=1S/C32H37N3O5/c1-34-14-16-35(17-15-34)29(22-10-12-33-13-11-22)28-27-26(32(37)38-2)20-40-31(27)24-9-8-23(18-25(24)30(28)36)39-19-21-6-4-3-5-7-21/h8-13,18,20-21,29,36H,3-7,14-17,19H2,1-2H3. The molecular weight excluding hydrogens is 506 g/mol. The molecule has 2 aliphatic rings. The number of phenols is 1. The highest BCUT2D eigenvalue weighted by atomic mass is 16.5. The number of nitrogens with zero attached hydrogens (tertiary/aromatic N) is 3. The molecule has 8 nitrogen and oxygen atoms in total. The Morgan fingerprint density at radius 2 is 1.82 bits per heavy atom. The van der Waals surface area contributed by atoms with Gasteiger partial charge in [-0.2, -0.15) is 0 Å². The van der Waals surface area contributed by atoms with Crippen molar-refractivity contribution in [1.29, 1.82) is 0 Å². The van der Waals surface area contributed by atoms with E-state index in [4.69, 9.17) is 13.9 Å². The first-order valence-corrected chi connectivity index (χ1v) is 14.3. The molecule has 3 heterocycles. The molecule has 1 aliphatic heterocycles. The summed E-state index contributed by atoms with van der Waals surface area (Å²) in [6.07, 6.45) is 11.2. The van der Waals surface area contributed by atoms with Crippen molar-refractivity contribution in [2.45, 2.75) is 38.1 Å². The highest BCUT2D eigenvalue weighted by Gasteiger charge is 2.33. The molecule has 210 valence electrons. The van der Waals surface area contributed by atoms with Crippen molar-refractivity contribution >= 4 is 27.7 Å². The SMILES string of the molecule is COC(=O)c1coc2c1c(C(c1ccncc1)N1CCN(C)CC1)c(O)c1cc(OCC3CCCCC3)ccc12. The number of fused-ring (bicyclic) bond motifs is 3. The van der Waals surface area contributed by atoms with Gasteiger partial charge in [0.05, 0.1) is 19.8 Å². The number of esters is 1. The third kappa shape index (κ3) is 5.02. The van der Waals surface area contributed by atoms with Gasteiger partial charge in [-0.1, -0.05) is 19.3 Å². The topological polar surface area (TPSA) is 88.3 Å². The van der Waals surface area contributed by atoms with Gasteiger partial charge in [0.15, 0.2) is 0 Å². The van der Waals surface area contributed by atoms with Crippen LogP contribution in [0.5, 0.6) is 11.5 Å². The number of benzene rings is 2. The van der Waals surface area contributed by atoms with E-state index in [1.807, 2.05) is 30.3 Å². The molecule has 0 amide bonds. The second-order valence-corrected chi connectivity index (χ2v) is 11.2. The van der Waals surface area contributed by atoms with Crippen LogP contribution in [0.4, 0.5) is 0 Å². The Morgan fingerprint density at radius 3 is 2.55 bits per heavy atom. The van der Waals surface area contributed by atoms with Crippen LogP contribution in [0.1, 0.15) is 59.6 Å². The smallest absolute Gasteiger partial charge is 0.341 e. The summed E-state index contributed by atoms with van der Waals surface area (Å²) in [5.41, 5.74) is 2.47. The van der Waals surface area contributed by atoms with Crippen molar-refractivity contribution in [3.63, 3.8) is 0 Å². The van der Waals surface area contributed by atoms with Crippen LogP contribution in [0.2, 0.25) is 0 Å². The zero-order valence-corrected chi connectivity index (χ0v) is 23.3. The minimum atomic E-state index is -0.502. The summed E-state index contributed by atoms with van der Waals surface area (Å²) in [5, 5.41) is 14.0. The normalized spacial score (nSPS) is 18.2. The van der Waals surface area contributed by atoms with Crippen molar-refractivity contribution < 1.29 is 23.8 Å². The molecule has 4 aromatic rings. The molecule has 8 heteroatoms. The molecule has 40 heavy (non-hydrogen) atoms. The minimum Gasteiger partial charge on any atom is -0.507 e. The molecule has 1 saturated carbocycles. The van der Waals surface area contributed by atoms with E-state index in [2.05, 4.69) is 21.8 Å². The van der Waals surface area contributed by atoms with Crippen molar-refractivity contribution in [3.05, 3.63) is 65.7 Å². The maximum atomic E-state index is 12.9. The van der Waals surface area contributed by atoms with Gasteiger partial charge < -0.3 is 23.9 Å². The van der Waals surface area contributed by atoms with Gasteiger partial charge >= 0.3 is 5.97 Å². The number of hydrogen-bond donors (Lipinski definition) is 1. The van der Waals surface area contributed by atoms with Crippen LogP contribution in [-0.2, 0) is 4.74 Å². The first-order valence-electron chi connectivity index (χ1n) is 14.3. The number of furan rings is 1. The molecule has 2 fully saturated rings. The van der Waals surface area contributed by atoms with Crippen LogP contribution >= 0.6 is 0 Å². The monoisotopic (exact) mass is 543 g/mol. The predicted molar refractivity (Wildman–Crippen MR) is 154 cm³/mol. The van der Waals surface area contributed by atoms with Crippen LogP contribution in [0, 0.1) is 5.92 Å². The predicted octanol–water partition coefficient (Wildman–Crippen LogP) is 5.77. The molecule has 2 aromatic carbocycles. The Kier molecular flexibility index (Phi) is 7.63. The number of carbonyl (C=O) groups excluding carboxylic acids is 1. The lowest BCUT2D eigenvalue weighted by Crippen LogP contribution is -2.46. The molecule has 1 atom stereocenters. The van der Waals surface area contributed by atoms with Gasteiger partial charge in [0.1, 0.15) is 28.9 Å². The van der Waals surface area contributed by atoms with Gasteiger partial charge in [-0.05, 0) is 61.7 Å². The van der Waals surface area contributed by atoms with Crippen LogP contribution in [0.3, 0.4) is 0 Å². The average Bonchev–Trinajstić information content (AvgIpc) is 3.44. The van der Waals surface area contributed by atoms with Crippen molar-refractivity contribution in [1.82, 2.24) is 14.8 Å². The van der Waals surface area contributed by atoms with E-state index in [-0.39, 0.29) is 11.8 Å². The average molecular weight is 544 g/mol. The maximum absolute atomic E-state index is 12.9. The number of aromatic hydroxyl groups is 1. The molecule has 6 rings (SSSR count).